The zero-order valence-corrected chi connectivity index (χ0v) is 17.1. The molecule has 0 unspecified atom stereocenters. The summed E-state index contributed by atoms with van der Waals surface area (Å²) in [5.74, 6) is 0.416. The van der Waals surface area contributed by atoms with Crippen molar-refractivity contribution in [2.75, 3.05) is 0 Å². The van der Waals surface area contributed by atoms with Crippen LogP contribution in [0.4, 0.5) is 0 Å². The van der Waals surface area contributed by atoms with Gasteiger partial charge >= 0.3 is 5.97 Å². The quantitative estimate of drug-likeness (QED) is 0.356. The first kappa shape index (κ1) is 20.2. The number of phenols is 1. The van der Waals surface area contributed by atoms with E-state index < -0.39 is 5.97 Å². The first-order valence-corrected chi connectivity index (χ1v) is 10.3. The van der Waals surface area contributed by atoms with Crippen LogP contribution < -0.4 is 4.74 Å². The van der Waals surface area contributed by atoms with Crippen LogP contribution >= 0.6 is 11.3 Å². The van der Waals surface area contributed by atoms with Gasteiger partial charge in [0.05, 0.1) is 17.4 Å². The molecule has 1 aromatic heterocycles. The number of rotatable bonds is 6. The number of benzene rings is 3. The molecular formula is C25H17NO4S. The van der Waals surface area contributed by atoms with Crippen LogP contribution in [0, 0.1) is 11.3 Å². The fraction of sp³-hybridized carbons (Fsp3) is 0.0400. The number of phenolic OH excluding ortho intramolecular Hbond substituents is 1. The lowest BCUT2D eigenvalue weighted by atomic mass is 10.0. The van der Waals surface area contributed by atoms with E-state index in [2.05, 4.69) is 6.07 Å². The Kier molecular flexibility index (Phi) is 5.69. The molecule has 4 aromatic rings. The van der Waals surface area contributed by atoms with Crippen molar-refractivity contribution in [3.8, 4) is 33.8 Å². The van der Waals surface area contributed by atoms with Crippen molar-refractivity contribution >= 4 is 33.5 Å². The third kappa shape index (κ3) is 4.42. The van der Waals surface area contributed by atoms with Gasteiger partial charge < -0.3 is 14.9 Å². The maximum atomic E-state index is 10.7. The number of hydrogen-bond donors (Lipinski definition) is 2. The number of nitrogens with zero attached hydrogens (tertiary/aromatic N) is 1. The molecule has 0 saturated heterocycles. The van der Waals surface area contributed by atoms with Crippen LogP contribution in [0.1, 0.15) is 11.1 Å². The van der Waals surface area contributed by atoms with Gasteiger partial charge in [-0.2, -0.15) is 5.26 Å². The van der Waals surface area contributed by atoms with Crippen LogP contribution in [-0.2, 0) is 11.2 Å². The summed E-state index contributed by atoms with van der Waals surface area (Å²) < 4.78 is 7.15. The lowest BCUT2D eigenvalue weighted by molar-refractivity contribution is -0.131. The summed E-state index contributed by atoms with van der Waals surface area (Å²) in [5, 5.41) is 28.8. The summed E-state index contributed by atoms with van der Waals surface area (Å²) in [6, 6.07) is 22.2. The minimum absolute atomic E-state index is 0.173. The Labute approximate surface area is 182 Å². The van der Waals surface area contributed by atoms with Gasteiger partial charge in [0.1, 0.15) is 11.5 Å². The molecule has 3 aromatic carbocycles. The van der Waals surface area contributed by atoms with E-state index >= 15 is 0 Å². The molecule has 152 valence electrons. The molecule has 0 saturated carbocycles. The molecule has 2 N–H and O–H groups in total. The van der Waals surface area contributed by atoms with E-state index in [9.17, 15) is 15.2 Å². The van der Waals surface area contributed by atoms with Crippen LogP contribution in [0.3, 0.4) is 0 Å². The standard InChI is InChI=1S/C25H17NO4S/c26-14-13-17-3-1-2-4-20(17)25-24(21-11-8-18(27)15-22(21)31-25)30-19-9-5-16(6-10-19)7-12-23(28)29/h1-12,15,27H,13H2,(H,28,29). The molecule has 0 aliphatic heterocycles. The normalized spacial score (nSPS) is 10.9. The average molecular weight is 427 g/mol. The molecule has 0 aliphatic carbocycles. The van der Waals surface area contributed by atoms with Crippen LogP contribution in [0.25, 0.3) is 26.6 Å². The van der Waals surface area contributed by atoms with E-state index in [1.807, 2.05) is 30.3 Å². The zero-order chi connectivity index (χ0) is 21.8. The van der Waals surface area contributed by atoms with E-state index in [0.717, 1.165) is 37.7 Å². The molecule has 4 rings (SSSR count). The van der Waals surface area contributed by atoms with Crippen molar-refractivity contribution in [3.05, 3.63) is 83.9 Å². The Bertz CT molecular complexity index is 1330. The van der Waals surface area contributed by atoms with Crippen molar-refractivity contribution in [2.45, 2.75) is 6.42 Å². The second-order valence-electron chi connectivity index (χ2n) is 6.78. The smallest absolute Gasteiger partial charge is 0.328 e. The number of nitriles is 1. The van der Waals surface area contributed by atoms with E-state index in [1.165, 1.54) is 17.4 Å². The highest BCUT2D eigenvalue weighted by Gasteiger charge is 2.19. The molecule has 0 bridgehead atoms. The monoisotopic (exact) mass is 427 g/mol. The van der Waals surface area contributed by atoms with E-state index in [1.54, 1.807) is 36.4 Å². The summed E-state index contributed by atoms with van der Waals surface area (Å²) >= 11 is 1.49. The number of thiophene rings is 1. The number of ether oxygens (including phenoxy) is 1. The second-order valence-corrected chi connectivity index (χ2v) is 7.83. The van der Waals surface area contributed by atoms with Crippen LogP contribution in [0.2, 0.25) is 0 Å². The Morgan fingerprint density at radius 3 is 2.61 bits per heavy atom. The summed E-state index contributed by atoms with van der Waals surface area (Å²) in [7, 11) is 0. The number of carbonyl (C=O) groups is 1. The van der Waals surface area contributed by atoms with Crippen LogP contribution in [0.5, 0.6) is 17.2 Å². The molecule has 1 heterocycles. The first-order valence-electron chi connectivity index (χ1n) is 9.45. The van der Waals surface area contributed by atoms with Gasteiger partial charge in [-0.15, -0.1) is 11.3 Å². The Balaban J connectivity index is 1.79. The highest BCUT2D eigenvalue weighted by molar-refractivity contribution is 7.22. The minimum Gasteiger partial charge on any atom is -0.508 e. The van der Waals surface area contributed by atoms with Crippen molar-refractivity contribution in [2.24, 2.45) is 0 Å². The largest absolute Gasteiger partial charge is 0.508 e. The molecule has 0 amide bonds. The Morgan fingerprint density at radius 2 is 1.87 bits per heavy atom. The predicted molar refractivity (Wildman–Crippen MR) is 121 cm³/mol. The molecule has 6 heteroatoms. The third-order valence-corrected chi connectivity index (χ3v) is 5.85. The molecule has 0 fully saturated rings. The van der Waals surface area contributed by atoms with E-state index in [-0.39, 0.29) is 12.2 Å². The van der Waals surface area contributed by atoms with Gasteiger partial charge in [-0.25, -0.2) is 4.79 Å². The number of aromatic hydroxyl groups is 1. The van der Waals surface area contributed by atoms with Crippen molar-refractivity contribution in [1.82, 2.24) is 0 Å². The zero-order valence-electron chi connectivity index (χ0n) is 16.3. The van der Waals surface area contributed by atoms with Gasteiger partial charge in [0.15, 0.2) is 5.75 Å². The maximum absolute atomic E-state index is 10.7. The highest BCUT2D eigenvalue weighted by atomic mass is 32.1. The van der Waals surface area contributed by atoms with Gasteiger partial charge in [0.25, 0.3) is 0 Å². The van der Waals surface area contributed by atoms with Gasteiger partial charge in [-0.05, 0) is 53.1 Å². The first-order chi connectivity index (χ1) is 15.0. The SMILES string of the molecule is N#CCc1ccccc1-c1sc2cc(O)ccc2c1Oc1ccc(C=CC(=O)O)cc1. The lowest BCUT2D eigenvalue weighted by Crippen LogP contribution is -1.90. The number of hydrogen-bond acceptors (Lipinski definition) is 5. The Hall–Kier alpha value is -4.08. The molecule has 5 nitrogen and oxygen atoms in total. The summed E-state index contributed by atoms with van der Waals surface area (Å²) in [6.07, 6.45) is 2.87. The van der Waals surface area contributed by atoms with Crippen LogP contribution in [-0.4, -0.2) is 16.2 Å². The average Bonchev–Trinajstić information content (AvgIpc) is 3.11. The maximum Gasteiger partial charge on any atom is 0.328 e. The van der Waals surface area contributed by atoms with Gasteiger partial charge in [-0.1, -0.05) is 36.4 Å². The summed E-state index contributed by atoms with van der Waals surface area (Å²) in [6.45, 7) is 0. The van der Waals surface area contributed by atoms with Gasteiger partial charge in [-0.3, -0.25) is 0 Å². The number of carboxylic acid groups (broad SMARTS) is 1. The molecular weight excluding hydrogens is 410 g/mol. The van der Waals surface area contributed by atoms with E-state index in [0.29, 0.717) is 11.5 Å². The van der Waals surface area contributed by atoms with Crippen LogP contribution in [0.15, 0.2) is 72.8 Å². The molecule has 31 heavy (non-hydrogen) atoms. The topological polar surface area (TPSA) is 90.5 Å². The second kappa shape index (κ2) is 8.74. The van der Waals surface area contributed by atoms with Crippen molar-refractivity contribution in [3.63, 3.8) is 0 Å². The van der Waals surface area contributed by atoms with E-state index in [4.69, 9.17) is 9.84 Å². The molecule has 0 spiro atoms. The molecule has 0 atom stereocenters. The molecule has 0 aliphatic rings. The lowest BCUT2D eigenvalue weighted by Gasteiger charge is -2.10. The third-order valence-electron chi connectivity index (χ3n) is 4.68. The van der Waals surface area contributed by atoms with Crippen molar-refractivity contribution in [1.29, 1.82) is 5.26 Å². The minimum atomic E-state index is -1.01. The fourth-order valence-corrected chi connectivity index (χ4v) is 4.48. The predicted octanol–water partition coefficient (Wildman–Crippen LogP) is 6.23. The Morgan fingerprint density at radius 1 is 1.10 bits per heavy atom. The number of fused-ring (bicyclic) bond motifs is 1. The van der Waals surface area contributed by atoms with Gasteiger partial charge in [0.2, 0.25) is 0 Å². The highest BCUT2D eigenvalue weighted by Crippen LogP contribution is 2.48. The number of aliphatic carboxylic acids is 1. The summed E-state index contributed by atoms with van der Waals surface area (Å²) in [4.78, 5) is 11.6. The summed E-state index contributed by atoms with van der Waals surface area (Å²) in [5.41, 5.74) is 2.56. The van der Waals surface area contributed by atoms with Gasteiger partial charge in [0, 0.05) is 16.2 Å². The fourth-order valence-electron chi connectivity index (χ4n) is 3.25. The number of carboxylic acids is 1. The van der Waals surface area contributed by atoms with Crippen molar-refractivity contribution < 1.29 is 19.7 Å². The molecule has 0 radical (unpaired) electrons.